The van der Waals surface area contributed by atoms with E-state index >= 15 is 0 Å². The molecule has 0 fully saturated rings. The van der Waals surface area contributed by atoms with Gasteiger partial charge in [0.05, 0.1) is 0 Å². The highest BCUT2D eigenvalue weighted by atomic mass is 79.9. The predicted molar refractivity (Wildman–Crippen MR) is 64.0 cm³/mol. The number of hydrogen-bond donors (Lipinski definition) is 1. The van der Waals surface area contributed by atoms with Crippen molar-refractivity contribution in [3.63, 3.8) is 0 Å². The standard InChI is InChI=1S/C11H14BrFN2O/c1-15(14)11(16)4-2-3-8-7-9(12)5-6-10(8)13/h5-7H,2-4,14H2,1H3. The Hall–Kier alpha value is -0.940. The first kappa shape index (κ1) is 13.1. The van der Waals surface area contributed by atoms with Crippen molar-refractivity contribution < 1.29 is 9.18 Å². The van der Waals surface area contributed by atoms with E-state index in [4.69, 9.17) is 5.84 Å². The minimum atomic E-state index is -0.239. The van der Waals surface area contributed by atoms with E-state index in [0.717, 1.165) is 9.48 Å². The topological polar surface area (TPSA) is 46.3 Å². The van der Waals surface area contributed by atoms with Crippen LogP contribution in [-0.2, 0) is 11.2 Å². The summed E-state index contributed by atoms with van der Waals surface area (Å²) in [5, 5.41) is 1.05. The highest BCUT2D eigenvalue weighted by molar-refractivity contribution is 9.10. The number of nitrogens with zero attached hydrogens (tertiary/aromatic N) is 1. The number of carbonyl (C=O) groups excluding carboxylic acids is 1. The Kier molecular flexibility index (Phi) is 4.89. The van der Waals surface area contributed by atoms with E-state index in [1.165, 1.54) is 13.1 Å². The maximum absolute atomic E-state index is 13.3. The number of nitrogens with two attached hydrogens (primary N) is 1. The van der Waals surface area contributed by atoms with Gasteiger partial charge in [0.1, 0.15) is 5.82 Å². The van der Waals surface area contributed by atoms with Crippen LogP contribution in [0.1, 0.15) is 18.4 Å². The Morgan fingerprint density at radius 1 is 1.56 bits per heavy atom. The van der Waals surface area contributed by atoms with Crippen LogP contribution in [-0.4, -0.2) is 18.0 Å². The van der Waals surface area contributed by atoms with Gasteiger partial charge in [-0.3, -0.25) is 9.80 Å². The summed E-state index contributed by atoms with van der Waals surface area (Å²) < 4.78 is 14.2. The van der Waals surface area contributed by atoms with Gasteiger partial charge in [-0.2, -0.15) is 0 Å². The van der Waals surface area contributed by atoms with Crippen molar-refractivity contribution in [1.82, 2.24) is 5.01 Å². The fourth-order valence-electron chi connectivity index (χ4n) is 1.34. The normalized spacial score (nSPS) is 10.2. The van der Waals surface area contributed by atoms with Gasteiger partial charge >= 0.3 is 0 Å². The zero-order valence-electron chi connectivity index (χ0n) is 9.04. The number of halogens is 2. The molecule has 1 rings (SSSR count). The van der Waals surface area contributed by atoms with E-state index in [-0.39, 0.29) is 11.7 Å². The third-order valence-electron chi connectivity index (χ3n) is 2.24. The Bertz CT molecular complexity index is 382. The van der Waals surface area contributed by atoms with Crippen molar-refractivity contribution >= 4 is 21.8 Å². The molecule has 0 atom stereocenters. The molecule has 3 nitrogen and oxygen atoms in total. The average molecular weight is 289 g/mol. The molecule has 0 unspecified atom stereocenters. The number of hydrogen-bond acceptors (Lipinski definition) is 2. The second kappa shape index (κ2) is 5.96. The molecule has 0 saturated heterocycles. The third kappa shape index (κ3) is 3.90. The van der Waals surface area contributed by atoms with Crippen molar-refractivity contribution in [3.8, 4) is 0 Å². The summed E-state index contributed by atoms with van der Waals surface area (Å²) in [6.07, 6.45) is 1.46. The number of aryl methyl sites for hydroxylation is 1. The van der Waals surface area contributed by atoms with E-state index in [1.54, 1.807) is 12.1 Å². The van der Waals surface area contributed by atoms with Crippen LogP contribution in [0.25, 0.3) is 0 Å². The van der Waals surface area contributed by atoms with E-state index in [9.17, 15) is 9.18 Å². The van der Waals surface area contributed by atoms with Crippen LogP contribution in [0.15, 0.2) is 22.7 Å². The van der Waals surface area contributed by atoms with Crippen LogP contribution < -0.4 is 5.84 Å². The van der Waals surface area contributed by atoms with Crippen LogP contribution in [0.5, 0.6) is 0 Å². The maximum Gasteiger partial charge on any atom is 0.236 e. The molecule has 1 amide bonds. The second-order valence-corrected chi connectivity index (χ2v) is 4.51. The van der Waals surface area contributed by atoms with Crippen molar-refractivity contribution in [1.29, 1.82) is 0 Å². The fraction of sp³-hybridized carbons (Fsp3) is 0.364. The van der Waals surface area contributed by atoms with Gasteiger partial charge in [-0.05, 0) is 36.6 Å². The number of benzene rings is 1. The molecule has 0 aliphatic heterocycles. The Morgan fingerprint density at radius 3 is 2.88 bits per heavy atom. The summed E-state index contributed by atoms with van der Waals surface area (Å²) in [6.45, 7) is 0. The van der Waals surface area contributed by atoms with Crippen LogP contribution in [0.4, 0.5) is 4.39 Å². The lowest BCUT2D eigenvalue weighted by Crippen LogP contribution is -2.32. The molecule has 0 aliphatic carbocycles. The van der Waals surface area contributed by atoms with Crippen LogP contribution in [0, 0.1) is 5.82 Å². The van der Waals surface area contributed by atoms with Crippen molar-refractivity contribution in [3.05, 3.63) is 34.1 Å². The Labute approximate surface area is 103 Å². The molecule has 0 bridgehead atoms. The average Bonchev–Trinajstić information content (AvgIpc) is 2.22. The third-order valence-corrected chi connectivity index (χ3v) is 2.73. The molecule has 0 heterocycles. The molecule has 0 aliphatic rings. The van der Waals surface area contributed by atoms with Crippen LogP contribution >= 0.6 is 15.9 Å². The van der Waals surface area contributed by atoms with Gasteiger partial charge in [-0.1, -0.05) is 15.9 Å². The first-order valence-electron chi connectivity index (χ1n) is 4.96. The first-order chi connectivity index (χ1) is 7.50. The van der Waals surface area contributed by atoms with Gasteiger partial charge in [-0.25, -0.2) is 10.2 Å². The molecular weight excluding hydrogens is 275 g/mol. The highest BCUT2D eigenvalue weighted by Gasteiger charge is 2.06. The van der Waals surface area contributed by atoms with E-state index < -0.39 is 0 Å². The molecule has 16 heavy (non-hydrogen) atoms. The summed E-state index contributed by atoms with van der Waals surface area (Å²) in [5.41, 5.74) is 0.613. The quantitative estimate of drug-likeness (QED) is 0.525. The summed E-state index contributed by atoms with van der Waals surface area (Å²) in [7, 11) is 1.50. The van der Waals surface area contributed by atoms with Crippen molar-refractivity contribution in [2.24, 2.45) is 5.84 Å². The molecule has 0 radical (unpaired) electrons. The molecule has 0 spiro atoms. The maximum atomic E-state index is 13.3. The van der Waals surface area contributed by atoms with Gasteiger partial charge in [0.25, 0.3) is 0 Å². The van der Waals surface area contributed by atoms with E-state index in [2.05, 4.69) is 15.9 Å². The van der Waals surface area contributed by atoms with E-state index in [0.29, 0.717) is 24.8 Å². The molecule has 0 saturated carbocycles. The monoisotopic (exact) mass is 288 g/mol. The van der Waals surface area contributed by atoms with Gasteiger partial charge in [0, 0.05) is 17.9 Å². The zero-order valence-corrected chi connectivity index (χ0v) is 10.6. The molecule has 0 aromatic heterocycles. The number of carbonyl (C=O) groups is 1. The van der Waals surface area contributed by atoms with Crippen LogP contribution in [0.2, 0.25) is 0 Å². The lowest BCUT2D eigenvalue weighted by atomic mass is 10.1. The molecule has 5 heteroatoms. The highest BCUT2D eigenvalue weighted by Crippen LogP contribution is 2.17. The molecule has 88 valence electrons. The minimum absolute atomic E-state index is 0.143. The smallest absolute Gasteiger partial charge is 0.236 e. The zero-order chi connectivity index (χ0) is 12.1. The Balaban J connectivity index is 2.49. The number of amides is 1. The van der Waals surface area contributed by atoms with Gasteiger partial charge < -0.3 is 0 Å². The van der Waals surface area contributed by atoms with Gasteiger partial charge in [-0.15, -0.1) is 0 Å². The predicted octanol–water partition coefficient (Wildman–Crippen LogP) is 2.24. The lowest BCUT2D eigenvalue weighted by Gasteiger charge is -2.09. The fourth-order valence-corrected chi connectivity index (χ4v) is 1.75. The lowest BCUT2D eigenvalue weighted by molar-refractivity contribution is -0.130. The van der Waals surface area contributed by atoms with Gasteiger partial charge in [0.2, 0.25) is 5.91 Å². The Morgan fingerprint density at radius 2 is 2.25 bits per heavy atom. The number of rotatable bonds is 4. The van der Waals surface area contributed by atoms with E-state index in [1.807, 2.05) is 0 Å². The minimum Gasteiger partial charge on any atom is -0.284 e. The molecule has 1 aromatic carbocycles. The SMILES string of the molecule is CN(N)C(=O)CCCc1cc(Br)ccc1F. The largest absolute Gasteiger partial charge is 0.284 e. The van der Waals surface area contributed by atoms with Gasteiger partial charge in [0.15, 0.2) is 0 Å². The molecule has 1 aromatic rings. The molecular formula is C11H14BrFN2O. The van der Waals surface area contributed by atoms with Crippen LogP contribution in [0.3, 0.4) is 0 Å². The molecule has 2 N–H and O–H groups in total. The summed E-state index contributed by atoms with van der Waals surface area (Å²) in [5.74, 6) is 4.89. The van der Waals surface area contributed by atoms with Crippen molar-refractivity contribution in [2.45, 2.75) is 19.3 Å². The second-order valence-electron chi connectivity index (χ2n) is 3.59. The summed E-state index contributed by atoms with van der Waals surface area (Å²) in [6, 6.07) is 4.79. The number of hydrazine groups is 1. The summed E-state index contributed by atoms with van der Waals surface area (Å²) in [4.78, 5) is 11.2. The summed E-state index contributed by atoms with van der Waals surface area (Å²) >= 11 is 3.28. The van der Waals surface area contributed by atoms with Crippen molar-refractivity contribution in [2.75, 3.05) is 7.05 Å². The first-order valence-corrected chi connectivity index (χ1v) is 5.75.